The topological polar surface area (TPSA) is 58.0 Å². The zero-order valence-corrected chi connectivity index (χ0v) is 12.5. The second-order valence-corrected chi connectivity index (χ2v) is 6.51. The average molecular weight is 314 g/mol. The van der Waals surface area contributed by atoms with Crippen LogP contribution in [0.4, 0.5) is 5.82 Å². The Bertz CT molecular complexity index is 419. The number of nitrogens with one attached hydrogen (secondary N) is 1. The highest BCUT2D eigenvalue weighted by molar-refractivity contribution is 9.10. The molecule has 5 heteroatoms. The van der Waals surface area contributed by atoms with Crippen molar-refractivity contribution in [3.05, 3.63) is 16.5 Å². The molecule has 0 aliphatic heterocycles. The molecule has 0 saturated heterocycles. The Morgan fingerprint density at radius 1 is 1.44 bits per heavy atom. The smallest absolute Gasteiger partial charge is 0.135 e. The summed E-state index contributed by atoms with van der Waals surface area (Å²) in [6.45, 7) is 5.28. The van der Waals surface area contributed by atoms with Crippen molar-refractivity contribution in [2.75, 3.05) is 18.5 Å². The van der Waals surface area contributed by atoms with Crippen molar-refractivity contribution < 1.29 is 5.11 Å². The lowest BCUT2D eigenvalue weighted by Gasteiger charge is -2.24. The maximum absolute atomic E-state index is 9.01. The molecule has 100 valence electrons. The number of aromatic nitrogens is 2. The summed E-state index contributed by atoms with van der Waals surface area (Å²) in [4.78, 5) is 8.95. The summed E-state index contributed by atoms with van der Waals surface area (Å²) >= 11 is 3.43. The molecule has 2 N–H and O–H groups in total. The third-order valence-electron chi connectivity index (χ3n) is 3.19. The molecule has 0 radical (unpaired) electrons. The fourth-order valence-electron chi connectivity index (χ4n) is 1.77. The first kappa shape index (κ1) is 13.7. The monoisotopic (exact) mass is 313 g/mol. The molecule has 0 bridgehead atoms. The number of aliphatic hydroxyl groups is 1. The van der Waals surface area contributed by atoms with Crippen molar-refractivity contribution in [1.82, 2.24) is 9.97 Å². The van der Waals surface area contributed by atoms with Gasteiger partial charge in [0, 0.05) is 25.1 Å². The predicted octanol–water partition coefficient (Wildman–Crippen LogP) is 2.94. The molecule has 1 aliphatic rings. The summed E-state index contributed by atoms with van der Waals surface area (Å²) in [7, 11) is 0. The molecular weight excluding hydrogens is 294 g/mol. The molecule has 4 nitrogen and oxygen atoms in total. The highest BCUT2D eigenvalue weighted by Gasteiger charge is 2.27. The summed E-state index contributed by atoms with van der Waals surface area (Å²) in [5.41, 5.74) is 0.0614. The Balaban J connectivity index is 2.00. The first-order valence-corrected chi connectivity index (χ1v) is 7.19. The van der Waals surface area contributed by atoms with Crippen LogP contribution in [0.1, 0.15) is 44.9 Å². The van der Waals surface area contributed by atoms with Crippen molar-refractivity contribution in [2.45, 2.75) is 39.0 Å². The lowest BCUT2D eigenvalue weighted by molar-refractivity contribution is 0.220. The molecule has 1 aromatic heterocycles. The average Bonchev–Trinajstić information content (AvgIpc) is 3.09. The van der Waals surface area contributed by atoms with Crippen molar-refractivity contribution >= 4 is 21.7 Å². The van der Waals surface area contributed by atoms with E-state index >= 15 is 0 Å². The molecule has 1 heterocycles. The Morgan fingerprint density at radius 3 is 2.78 bits per heavy atom. The zero-order valence-electron chi connectivity index (χ0n) is 10.9. The number of nitrogens with zero attached hydrogens (tertiary/aromatic N) is 2. The van der Waals surface area contributed by atoms with Crippen LogP contribution in [-0.4, -0.2) is 28.2 Å². The van der Waals surface area contributed by atoms with Crippen LogP contribution < -0.4 is 5.32 Å². The Labute approximate surface area is 116 Å². The molecule has 0 atom stereocenters. The van der Waals surface area contributed by atoms with Gasteiger partial charge in [-0.15, -0.1) is 0 Å². The van der Waals surface area contributed by atoms with E-state index < -0.39 is 0 Å². The van der Waals surface area contributed by atoms with Gasteiger partial charge in [-0.3, -0.25) is 0 Å². The number of hydrogen-bond donors (Lipinski definition) is 2. The molecular formula is C13H20BrN3O. The molecule has 0 spiro atoms. The second-order valence-electron chi connectivity index (χ2n) is 5.70. The van der Waals surface area contributed by atoms with Crippen molar-refractivity contribution in [3.8, 4) is 0 Å². The number of hydrogen-bond acceptors (Lipinski definition) is 4. The van der Waals surface area contributed by atoms with Crippen LogP contribution in [0.2, 0.25) is 0 Å². The van der Waals surface area contributed by atoms with E-state index in [0.29, 0.717) is 5.92 Å². The summed E-state index contributed by atoms with van der Waals surface area (Å²) in [6, 6.07) is 1.90. The standard InChI is InChI=1S/C13H20BrN3O/c1-13(2,5-6-18)8-15-11-7-10(14)16-12(17-11)9-3-4-9/h7,9,18H,3-6,8H2,1-2H3,(H,15,16,17). The molecule has 1 fully saturated rings. The molecule has 18 heavy (non-hydrogen) atoms. The fraction of sp³-hybridized carbons (Fsp3) is 0.692. The van der Waals surface area contributed by atoms with Crippen molar-refractivity contribution in [2.24, 2.45) is 5.41 Å². The maximum atomic E-state index is 9.01. The molecule has 0 aromatic carbocycles. The minimum Gasteiger partial charge on any atom is -0.396 e. The summed E-state index contributed by atoms with van der Waals surface area (Å²) in [5, 5.41) is 12.3. The van der Waals surface area contributed by atoms with E-state index in [2.05, 4.69) is 45.1 Å². The van der Waals surface area contributed by atoms with Gasteiger partial charge in [0.2, 0.25) is 0 Å². The van der Waals surface area contributed by atoms with E-state index in [0.717, 1.165) is 29.2 Å². The Hall–Kier alpha value is -0.680. The predicted molar refractivity (Wildman–Crippen MR) is 75.7 cm³/mol. The van der Waals surface area contributed by atoms with Crippen LogP contribution in [-0.2, 0) is 0 Å². The lowest BCUT2D eigenvalue weighted by Crippen LogP contribution is -2.24. The SMILES string of the molecule is CC(C)(CCO)CNc1cc(Br)nc(C2CC2)n1. The van der Waals surface area contributed by atoms with Gasteiger partial charge in [-0.2, -0.15) is 0 Å². The van der Waals surface area contributed by atoms with Gasteiger partial charge in [0.25, 0.3) is 0 Å². The number of halogens is 1. The van der Waals surface area contributed by atoms with E-state index in [1.54, 1.807) is 0 Å². The molecule has 1 aromatic rings. The normalized spacial score (nSPS) is 15.8. The van der Waals surface area contributed by atoms with Crippen LogP contribution in [0.5, 0.6) is 0 Å². The van der Waals surface area contributed by atoms with Crippen molar-refractivity contribution in [3.63, 3.8) is 0 Å². The highest BCUT2D eigenvalue weighted by atomic mass is 79.9. The summed E-state index contributed by atoms with van der Waals surface area (Å²) in [6.07, 6.45) is 3.18. The van der Waals surface area contributed by atoms with E-state index in [4.69, 9.17) is 5.11 Å². The fourth-order valence-corrected chi connectivity index (χ4v) is 2.17. The highest BCUT2D eigenvalue weighted by Crippen LogP contribution is 2.38. The van der Waals surface area contributed by atoms with Gasteiger partial charge in [-0.25, -0.2) is 9.97 Å². The van der Waals surface area contributed by atoms with Gasteiger partial charge in [-0.05, 0) is 40.6 Å². The summed E-state index contributed by atoms with van der Waals surface area (Å²) in [5.74, 6) is 2.35. The summed E-state index contributed by atoms with van der Waals surface area (Å²) < 4.78 is 0.835. The van der Waals surface area contributed by atoms with Crippen LogP contribution in [0, 0.1) is 5.41 Å². The lowest BCUT2D eigenvalue weighted by atomic mass is 9.90. The van der Waals surface area contributed by atoms with Gasteiger partial charge in [0.05, 0.1) is 0 Å². The second kappa shape index (κ2) is 5.53. The van der Waals surface area contributed by atoms with Gasteiger partial charge >= 0.3 is 0 Å². The van der Waals surface area contributed by atoms with Gasteiger partial charge in [-0.1, -0.05) is 13.8 Å². The largest absolute Gasteiger partial charge is 0.396 e. The van der Waals surface area contributed by atoms with E-state index in [-0.39, 0.29) is 12.0 Å². The number of rotatable bonds is 6. The van der Waals surface area contributed by atoms with Gasteiger partial charge in [0.1, 0.15) is 16.2 Å². The molecule has 1 aliphatic carbocycles. The Morgan fingerprint density at radius 2 is 2.17 bits per heavy atom. The van der Waals surface area contributed by atoms with Crippen LogP contribution >= 0.6 is 15.9 Å². The molecule has 1 saturated carbocycles. The van der Waals surface area contributed by atoms with Crippen molar-refractivity contribution in [1.29, 1.82) is 0 Å². The van der Waals surface area contributed by atoms with Crippen LogP contribution in [0.3, 0.4) is 0 Å². The Kier molecular flexibility index (Phi) is 4.22. The maximum Gasteiger partial charge on any atom is 0.135 e. The van der Waals surface area contributed by atoms with Gasteiger partial charge in [0.15, 0.2) is 0 Å². The first-order chi connectivity index (χ1) is 8.50. The number of anilines is 1. The first-order valence-electron chi connectivity index (χ1n) is 6.39. The minimum atomic E-state index is 0.0614. The quantitative estimate of drug-likeness (QED) is 0.793. The van der Waals surface area contributed by atoms with Gasteiger partial charge < -0.3 is 10.4 Å². The van der Waals surface area contributed by atoms with Crippen LogP contribution in [0.25, 0.3) is 0 Å². The minimum absolute atomic E-state index is 0.0614. The molecule has 0 amide bonds. The van der Waals surface area contributed by atoms with E-state index in [1.807, 2.05) is 6.07 Å². The zero-order chi connectivity index (χ0) is 13.2. The van der Waals surface area contributed by atoms with E-state index in [9.17, 15) is 0 Å². The van der Waals surface area contributed by atoms with E-state index in [1.165, 1.54) is 12.8 Å². The third-order valence-corrected chi connectivity index (χ3v) is 3.60. The molecule has 0 unspecified atom stereocenters. The van der Waals surface area contributed by atoms with Crippen LogP contribution in [0.15, 0.2) is 10.7 Å². The molecule has 2 rings (SSSR count). The number of aliphatic hydroxyl groups excluding tert-OH is 1. The third kappa shape index (κ3) is 3.92.